The molecule has 2 amide bonds. The molecule has 0 rings (SSSR count). The van der Waals surface area contributed by atoms with Gasteiger partial charge in [0.05, 0.1) is 0 Å². The van der Waals surface area contributed by atoms with E-state index in [1.54, 1.807) is 0 Å². The average molecular weight is 300 g/mol. The molecule has 0 fully saturated rings. The number of aliphatic carboxylic acids is 1. The molecule has 0 aromatic carbocycles. The Labute approximate surface area is 129 Å². The highest BCUT2D eigenvalue weighted by Crippen LogP contribution is 2.20. The molecule has 5 heteroatoms. The van der Waals surface area contributed by atoms with Crippen molar-refractivity contribution < 1.29 is 14.7 Å². The average Bonchev–Trinajstić information content (AvgIpc) is 2.38. The highest BCUT2D eigenvalue weighted by molar-refractivity contribution is 5.74. The molecule has 0 saturated carbocycles. The predicted octanol–water partition coefficient (Wildman–Crippen LogP) is 3.20. The van der Waals surface area contributed by atoms with E-state index >= 15 is 0 Å². The van der Waals surface area contributed by atoms with Crippen LogP contribution in [0.5, 0.6) is 0 Å². The van der Waals surface area contributed by atoms with Crippen LogP contribution in [-0.4, -0.2) is 41.6 Å². The first kappa shape index (κ1) is 19.7. The van der Waals surface area contributed by atoms with Crippen LogP contribution in [0.3, 0.4) is 0 Å². The largest absolute Gasteiger partial charge is 0.481 e. The number of nitrogens with one attached hydrogen (secondary N) is 1. The zero-order chi connectivity index (χ0) is 16.4. The molecular weight excluding hydrogens is 268 g/mol. The summed E-state index contributed by atoms with van der Waals surface area (Å²) in [5.41, 5.74) is 0. The Morgan fingerprint density at radius 3 is 2.19 bits per heavy atom. The van der Waals surface area contributed by atoms with Crippen LogP contribution in [0.2, 0.25) is 0 Å². The fourth-order valence-electron chi connectivity index (χ4n) is 2.39. The normalized spacial score (nSPS) is 12.5. The summed E-state index contributed by atoms with van der Waals surface area (Å²) in [7, 11) is 0. The maximum Gasteiger partial charge on any atom is 0.317 e. The molecule has 0 aliphatic rings. The standard InChI is InChI=1S/C16H32N2O3/c1-6-18(11-12(2)3)16(21)17-10-9-14(13(4)5)7-8-15(19)20/h12-14H,6-11H2,1-5H3,(H,17,21)(H,19,20). The van der Waals surface area contributed by atoms with Crippen molar-refractivity contribution in [2.45, 2.75) is 53.9 Å². The summed E-state index contributed by atoms with van der Waals surface area (Å²) in [6, 6.07) is -0.0214. The lowest BCUT2D eigenvalue weighted by molar-refractivity contribution is -0.137. The smallest absolute Gasteiger partial charge is 0.317 e. The van der Waals surface area contributed by atoms with Crippen LogP contribution in [0.1, 0.15) is 53.9 Å². The Morgan fingerprint density at radius 1 is 1.14 bits per heavy atom. The summed E-state index contributed by atoms with van der Waals surface area (Å²) >= 11 is 0. The van der Waals surface area contributed by atoms with E-state index in [9.17, 15) is 9.59 Å². The lowest BCUT2D eigenvalue weighted by Gasteiger charge is -2.25. The molecule has 1 atom stereocenters. The molecule has 0 radical (unpaired) electrons. The summed E-state index contributed by atoms with van der Waals surface area (Å²) in [6.45, 7) is 12.4. The summed E-state index contributed by atoms with van der Waals surface area (Å²) in [4.78, 5) is 24.5. The second-order valence-corrected chi connectivity index (χ2v) is 6.39. The SMILES string of the molecule is CCN(CC(C)C)C(=O)NCCC(CCC(=O)O)C(C)C. The molecule has 0 aliphatic carbocycles. The number of carboxylic acid groups (broad SMARTS) is 1. The molecule has 21 heavy (non-hydrogen) atoms. The molecule has 1 unspecified atom stereocenters. The first-order valence-electron chi connectivity index (χ1n) is 8.02. The van der Waals surface area contributed by atoms with Crippen LogP contribution in [0.4, 0.5) is 4.79 Å². The van der Waals surface area contributed by atoms with E-state index in [4.69, 9.17) is 5.11 Å². The van der Waals surface area contributed by atoms with E-state index in [0.717, 1.165) is 13.0 Å². The molecule has 2 N–H and O–H groups in total. The molecule has 0 saturated heterocycles. The Hall–Kier alpha value is -1.26. The van der Waals surface area contributed by atoms with Crippen LogP contribution >= 0.6 is 0 Å². The number of carbonyl (C=O) groups excluding carboxylic acids is 1. The van der Waals surface area contributed by atoms with E-state index in [-0.39, 0.29) is 12.5 Å². The van der Waals surface area contributed by atoms with Gasteiger partial charge in [-0.2, -0.15) is 0 Å². The van der Waals surface area contributed by atoms with E-state index in [1.807, 2.05) is 11.8 Å². The minimum Gasteiger partial charge on any atom is -0.481 e. The Bertz CT molecular complexity index is 317. The van der Waals surface area contributed by atoms with Gasteiger partial charge in [-0.1, -0.05) is 27.7 Å². The third-order valence-corrected chi connectivity index (χ3v) is 3.72. The van der Waals surface area contributed by atoms with Gasteiger partial charge in [0.1, 0.15) is 0 Å². The maximum atomic E-state index is 12.0. The van der Waals surface area contributed by atoms with Crippen molar-refractivity contribution in [2.24, 2.45) is 17.8 Å². The molecule has 5 nitrogen and oxygen atoms in total. The fourth-order valence-corrected chi connectivity index (χ4v) is 2.39. The number of carboxylic acids is 1. The zero-order valence-electron chi connectivity index (χ0n) is 14.2. The number of amides is 2. The number of carbonyl (C=O) groups is 2. The fraction of sp³-hybridized carbons (Fsp3) is 0.875. The van der Waals surface area contributed by atoms with Gasteiger partial charge in [-0.05, 0) is 37.5 Å². The lowest BCUT2D eigenvalue weighted by Crippen LogP contribution is -2.42. The third-order valence-electron chi connectivity index (χ3n) is 3.72. The third kappa shape index (κ3) is 9.32. The van der Waals surface area contributed by atoms with Crippen LogP contribution in [0, 0.1) is 17.8 Å². The molecular formula is C16H32N2O3. The number of hydrogen-bond acceptors (Lipinski definition) is 2. The van der Waals surface area contributed by atoms with E-state index < -0.39 is 5.97 Å². The molecule has 0 aromatic rings. The Morgan fingerprint density at radius 2 is 1.76 bits per heavy atom. The van der Waals surface area contributed by atoms with Crippen molar-refractivity contribution in [1.29, 1.82) is 0 Å². The van der Waals surface area contributed by atoms with Crippen LogP contribution < -0.4 is 5.32 Å². The van der Waals surface area contributed by atoms with Gasteiger partial charge in [0.2, 0.25) is 0 Å². The summed E-state index contributed by atoms with van der Waals surface area (Å²) < 4.78 is 0. The van der Waals surface area contributed by atoms with Gasteiger partial charge >= 0.3 is 12.0 Å². The number of hydrogen-bond donors (Lipinski definition) is 2. The second kappa shape index (κ2) is 10.5. The van der Waals surface area contributed by atoms with Crippen molar-refractivity contribution >= 4 is 12.0 Å². The summed E-state index contributed by atoms with van der Waals surface area (Å²) in [6.07, 6.45) is 1.70. The number of rotatable bonds is 10. The number of urea groups is 1. The van der Waals surface area contributed by atoms with Gasteiger partial charge in [0.25, 0.3) is 0 Å². The maximum absolute atomic E-state index is 12.0. The van der Waals surface area contributed by atoms with Crippen LogP contribution in [-0.2, 0) is 4.79 Å². The topological polar surface area (TPSA) is 69.6 Å². The van der Waals surface area contributed by atoms with Crippen molar-refractivity contribution in [3.8, 4) is 0 Å². The number of nitrogens with zero attached hydrogens (tertiary/aromatic N) is 1. The molecule has 0 aliphatic heterocycles. The zero-order valence-corrected chi connectivity index (χ0v) is 14.2. The summed E-state index contributed by atoms with van der Waals surface area (Å²) in [5.74, 6) is 0.467. The second-order valence-electron chi connectivity index (χ2n) is 6.39. The van der Waals surface area contributed by atoms with Crippen LogP contribution in [0.25, 0.3) is 0 Å². The molecule has 0 heterocycles. The molecule has 0 spiro atoms. The van der Waals surface area contributed by atoms with Gasteiger partial charge in [0, 0.05) is 26.1 Å². The summed E-state index contributed by atoms with van der Waals surface area (Å²) in [5, 5.41) is 11.7. The Balaban J connectivity index is 4.17. The first-order valence-corrected chi connectivity index (χ1v) is 8.02. The van der Waals surface area contributed by atoms with Crippen LogP contribution in [0.15, 0.2) is 0 Å². The highest BCUT2D eigenvalue weighted by atomic mass is 16.4. The van der Waals surface area contributed by atoms with E-state index in [1.165, 1.54) is 0 Å². The van der Waals surface area contributed by atoms with E-state index in [2.05, 4.69) is 33.0 Å². The molecule has 0 aromatic heterocycles. The van der Waals surface area contributed by atoms with Gasteiger partial charge in [0.15, 0.2) is 0 Å². The van der Waals surface area contributed by atoms with Crippen molar-refractivity contribution in [2.75, 3.05) is 19.6 Å². The lowest BCUT2D eigenvalue weighted by atomic mass is 9.88. The minimum absolute atomic E-state index is 0.0214. The van der Waals surface area contributed by atoms with E-state index in [0.29, 0.717) is 37.3 Å². The van der Waals surface area contributed by atoms with Crippen molar-refractivity contribution in [3.63, 3.8) is 0 Å². The van der Waals surface area contributed by atoms with Crippen molar-refractivity contribution in [1.82, 2.24) is 10.2 Å². The molecule has 0 bridgehead atoms. The Kier molecular flexibility index (Phi) is 9.84. The minimum atomic E-state index is -0.751. The molecule has 124 valence electrons. The van der Waals surface area contributed by atoms with Gasteiger partial charge in [-0.3, -0.25) is 4.79 Å². The van der Waals surface area contributed by atoms with Gasteiger partial charge in [-0.15, -0.1) is 0 Å². The predicted molar refractivity (Wildman–Crippen MR) is 85.3 cm³/mol. The quantitative estimate of drug-likeness (QED) is 0.651. The van der Waals surface area contributed by atoms with Gasteiger partial charge in [-0.25, -0.2) is 4.79 Å². The first-order chi connectivity index (χ1) is 9.77. The highest BCUT2D eigenvalue weighted by Gasteiger charge is 2.17. The monoisotopic (exact) mass is 300 g/mol. The van der Waals surface area contributed by atoms with Crippen molar-refractivity contribution in [3.05, 3.63) is 0 Å². The van der Waals surface area contributed by atoms with Gasteiger partial charge < -0.3 is 15.3 Å².